The predicted molar refractivity (Wildman–Crippen MR) is 107 cm³/mol. The summed E-state index contributed by atoms with van der Waals surface area (Å²) in [5.74, 6) is 0.816. The van der Waals surface area contributed by atoms with Gasteiger partial charge in [-0.2, -0.15) is 0 Å². The zero-order valence-electron chi connectivity index (χ0n) is 15.5. The van der Waals surface area contributed by atoms with E-state index in [1.54, 1.807) is 28.6 Å². The van der Waals surface area contributed by atoms with Gasteiger partial charge in [0.1, 0.15) is 0 Å². The molecule has 2 heterocycles. The molecule has 1 aliphatic carbocycles. The Kier molecular flexibility index (Phi) is 4.06. The number of sulfonamides is 1. The van der Waals surface area contributed by atoms with E-state index in [0.29, 0.717) is 11.4 Å². The van der Waals surface area contributed by atoms with Crippen molar-refractivity contribution in [2.24, 2.45) is 5.92 Å². The molecule has 1 spiro atoms. The van der Waals surface area contributed by atoms with Gasteiger partial charge >= 0.3 is 0 Å². The number of anilines is 1. The Bertz CT molecular complexity index is 940. The molecule has 2 aromatic rings. The number of rotatable bonds is 4. The van der Waals surface area contributed by atoms with Crippen molar-refractivity contribution in [3.8, 4) is 0 Å². The van der Waals surface area contributed by atoms with Gasteiger partial charge in [-0.15, -0.1) is 0 Å². The number of fused-ring (bicyclic) bond motifs is 1. The second-order valence-corrected chi connectivity index (χ2v) is 10.2. The van der Waals surface area contributed by atoms with Crippen LogP contribution in [0.5, 0.6) is 0 Å². The van der Waals surface area contributed by atoms with Gasteiger partial charge in [0.15, 0.2) is 0 Å². The topological polar surface area (TPSA) is 40.6 Å². The zero-order chi connectivity index (χ0) is 18.5. The van der Waals surface area contributed by atoms with E-state index in [1.165, 1.54) is 12.8 Å². The maximum absolute atomic E-state index is 13.5. The van der Waals surface area contributed by atoms with Crippen LogP contribution in [0.1, 0.15) is 31.2 Å². The van der Waals surface area contributed by atoms with Crippen molar-refractivity contribution in [1.29, 1.82) is 0 Å². The van der Waals surface area contributed by atoms with Crippen LogP contribution in [0, 0.1) is 5.92 Å². The second-order valence-electron chi connectivity index (χ2n) is 8.35. The largest absolute Gasteiger partial charge is 0.295 e. The van der Waals surface area contributed by atoms with Crippen molar-refractivity contribution >= 4 is 15.7 Å². The summed E-state index contributed by atoms with van der Waals surface area (Å²) in [6.07, 6.45) is 5.85. The molecule has 0 aromatic heterocycles. The molecule has 2 fully saturated rings. The minimum atomic E-state index is -3.57. The second kappa shape index (κ2) is 6.35. The quantitative estimate of drug-likeness (QED) is 0.810. The first kappa shape index (κ1) is 17.3. The van der Waals surface area contributed by atoms with E-state index in [1.807, 2.05) is 24.3 Å². The molecule has 1 saturated heterocycles. The Morgan fingerprint density at radius 2 is 1.74 bits per heavy atom. The normalized spacial score (nSPS) is 25.7. The first-order valence-electron chi connectivity index (χ1n) is 9.99. The third-order valence-electron chi connectivity index (χ3n) is 6.47. The van der Waals surface area contributed by atoms with Crippen LogP contribution in [-0.2, 0) is 16.4 Å². The van der Waals surface area contributed by atoms with Gasteiger partial charge in [-0.1, -0.05) is 36.4 Å². The third-order valence-corrected chi connectivity index (χ3v) is 8.24. The highest BCUT2D eigenvalue weighted by Gasteiger charge is 2.49. The molecule has 2 aliphatic heterocycles. The van der Waals surface area contributed by atoms with Crippen molar-refractivity contribution in [1.82, 2.24) is 4.90 Å². The summed E-state index contributed by atoms with van der Waals surface area (Å²) in [6.45, 7) is 2.78. The molecule has 3 aliphatic rings. The molecule has 0 N–H and O–H groups in total. The van der Waals surface area contributed by atoms with Crippen LogP contribution >= 0.6 is 0 Å². The molecule has 2 aromatic carbocycles. The fraction of sp³-hybridized carbons (Fsp3) is 0.455. The average Bonchev–Trinajstić information content (AvgIpc) is 3.44. The molecular weight excluding hydrogens is 356 g/mol. The van der Waals surface area contributed by atoms with Crippen LogP contribution in [-0.4, -0.2) is 38.5 Å². The van der Waals surface area contributed by atoms with Gasteiger partial charge in [0.25, 0.3) is 10.0 Å². The molecule has 142 valence electrons. The molecule has 0 bridgehead atoms. The predicted octanol–water partition coefficient (Wildman–Crippen LogP) is 3.68. The van der Waals surface area contributed by atoms with E-state index in [0.717, 1.165) is 49.5 Å². The van der Waals surface area contributed by atoms with Crippen LogP contribution < -0.4 is 4.31 Å². The minimum Gasteiger partial charge on any atom is -0.295 e. The molecular formula is C22H26N2O2S. The highest BCUT2D eigenvalue weighted by Crippen LogP contribution is 2.44. The first-order chi connectivity index (χ1) is 13.1. The highest BCUT2D eigenvalue weighted by atomic mass is 32.2. The van der Waals surface area contributed by atoms with E-state index < -0.39 is 10.0 Å². The van der Waals surface area contributed by atoms with Gasteiger partial charge in [0.2, 0.25) is 0 Å². The zero-order valence-corrected chi connectivity index (χ0v) is 16.4. The van der Waals surface area contributed by atoms with Crippen LogP contribution in [0.3, 0.4) is 0 Å². The summed E-state index contributed by atoms with van der Waals surface area (Å²) in [5, 5.41) is 0. The Labute approximate surface area is 161 Å². The van der Waals surface area contributed by atoms with Gasteiger partial charge in [0, 0.05) is 12.1 Å². The summed E-state index contributed by atoms with van der Waals surface area (Å²) in [4.78, 5) is 2.98. The number of benzene rings is 2. The van der Waals surface area contributed by atoms with E-state index in [4.69, 9.17) is 0 Å². The molecule has 0 radical (unpaired) electrons. The summed E-state index contributed by atoms with van der Waals surface area (Å²) in [5.41, 5.74) is 1.95. The molecule has 0 amide bonds. The third kappa shape index (κ3) is 2.97. The molecule has 1 saturated carbocycles. The smallest absolute Gasteiger partial charge is 0.264 e. The Balaban J connectivity index is 1.58. The lowest BCUT2D eigenvalue weighted by Crippen LogP contribution is -2.58. The number of para-hydroxylation sites is 1. The summed E-state index contributed by atoms with van der Waals surface area (Å²) in [6, 6.07) is 16.9. The molecule has 1 unspecified atom stereocenters. The lowest BCUT2D eigenvalue weighted by Gasteiger charge is -2.47. The van der Waals surface area contributed by atoms with E-state index >= 15 is 0 Å². The van der Waals surface area contributed by atoms with Crippen LogP contribution in [0.2, 0.25) is 0 Å². The van der Waals surface area contributed by atoms with Crippen LogP contribution in [0.15, 0.2) is 59.5 Å². The molecule has 5 heteroatoms. The maximum atomic E-state index is 13.5. The number of hydrogen-bond acceptors (Lipinski definition) is 3. The van der Waals surface area contributed by atoms with Gasteiger partial charge in [-0.05, 0) is 68.3 Å². The van der Waals surface area contributed by atoms with Crippen LogP contribution in [0.4, 0.5) is 5.69 Å². The van der Waals surface area contributed by atoms with Crippen LogP contribution in [0.25, 0.3) is 0 Å². The molecule has 27 heavy (non-hydrogen) atoms. The van der Waals surface area contributed by atoms with Gasteiger partial charge in [0.05, 0.1) is 17.1 Å². The highest BCUT2D eigenvalue weighted by molar-refractivity contribution is 7.92. The van der Waals surface area contributed by atoms with Crippen molar-refractivity contribution in [3.63, 3.8) is 0 Å². The van der Waals surface area contributed by atoms with Gasteiger partial charge in [-0.25, -0.2) is 8.42 Å². The minimum absolute atomic E-state index is 0.0568. The fourth-order valence-electron chi connectivity index (χ4n) is 4.87. The monoisotopic (exact) mass is 382 g/mol. The number of nitrogens with zero attached hydrogens (tertiary/aromatic N) is 2. The lowest BCUT2D eigenvalue weighted by molar-refractivity contribution is 0.135. The van der Waals surface area contributed by atoms with Crippen molar-refractivity contribution in [2.45, 2.75) is 42.5 Å². The van der Waals surface area contributed by atoms with Crippen molar-refractivity contribution < 1.29 is 8.42 Å². The van der Waals surface area contributed by atoms with E-state index in [2.05, 4.69) is 11.0 Å². The standard InChI is InChI=1S/C22H26N2O2S/c25-27(26,20-8-2-1-3-9-20)24-17-22(15-19-7-4-5-10-21(19)24)13-6-14-23(22)16-18-11-12-18/h1-5,7-10,18H,6,11-17H2. The van der Waals surface area contributed by atoms with Crippen molar-refractivity contribution in [3.05, 3.63) is 60.2 Å². The van der Waals surface area contributed by atoms with E-state index in [-0.39, 0.29) is 5.54 Å². The Morgan fingerprint density at radius 1 is 1.00 bits per heavy atom. The summed E-state index contributed by atoms with van der Waals surface area (Å²) >= 11 is 0. The van der Waals surface area contributed by atoms with Gasteiger partial charge < -0.3 is 0 Å². The fourth-order valence-corrected chi connectivity index (χ4v) is 6.47. The molecule has 5 rings (SSSR count). The first-order valence-corrected chi connectivity index (χ1v) is 11.4. The summed E-state index contributed by atoms with van der Waals surface area (Å²) < 4.78 is 28.8. The number of likely N-dealkylation sites (tertiary alicyclic amines) is 1. The SMILES string of the molecule is O=S(=O)(c1ccccc1)N1CC2(CCCN2CC2CC2)Cc2ccccc21. The number of hydrogen-bond donors (Lipinski definition) is 0. The Morgan fingerprint density at radius 3 is 2.52 bits per heavy atom. The average molecular weight is 383 g/mol. The molecule has 1 atom stereocenters. The molecule has 4 nitrogen and oxygen atoms in total. The van der Waals surface area contributed by atoms with E-state index in [9.17, 15) is 8.42 Å². The summed E-state index contributed by atoms with van der Waals surface area (Å²) in [7, 11) is -3.57. The Hall–Kier alpha value is -1.85. The lowest BCUT2D eigenvalue weighted by atomic mass is 9.84. The van der Waals surface area contributed by atoms with Gasteiger partial charge in [-0.3, -0.25) is 9.21 Å². The van der Waals surface area contributed by atoms with Crippen molar-refractivity contribution in [2.75, 3.05) is 23.9 Å². The maximum Gasteiger partial charge on any atom is 0.264 e.